The molecule has 0 saturated heterocycles. The molecule has 5 rings (SSSR count). The first-order valence-electron chi connectivity index (χ1n) is 17.4. The zero-order chi connectivity index (χ0) is 36.2. The molecule has 0 aliphatic carbocycles. The average molecular weight is 695 g/mol. The van der Waals surface area contributed by atoms with Gasteiger partial charge in [0.05, 0.1) is 18.6 Å². The van der Waals surface area contributed by atoms with Crippen molar-refractivity contribution in [3.8, 4) is 5.75 Å². The Bertz CT molecular complexity index is 1820. The van der Waals surface area contributed by atoms with Crippen molar-refractivity contribution in [2.45, 2.75) is 64.1 Å². The summed E-state index contributed by atoms with van der Waals surface area (Å²) in [6.45, 7) is 4.56. The second kappa shape index (κ2) is 17.8. The van der Waals surface area contributed by atoms with Crippen LogP contribution in [0.5, 0.6) is 5.75 Å². The molecule has 0 spiro atoms. The summed E-state index contributed by atoms with van der Waals surface area (Å²) in [5.74, 6) is -2.32. The Hall–Kier alpha value is -5.65. The summed E-state index contributed by atoms with van der Waals surface area (Å²) in [6.07, 6.45) is 2.96. The minimum absolute atomic E-state index is 0.0140. The summed E-state index contributed by atoms with van der Waals surface area (Å²) in [5.41, 5.74) is 3.06. The number of benzene rings is 3. The monoisotopic (exact) mass is 694 g/mol. The number of carbonyl (C=O) groups excluding carboxylic acids is 5. The number of para-hydroxylation sites is 2. The molecule has 0 saturated carbocycles. The summed E-state index contributed by atoms with van der Waals surface area (Å²) in [7, 11) is 0. The number of hydrogen-bond acceptors (Lipinski definition) is 6. The minimum Gasteiger partial charge on any atom is -0.493 e. The number of rotatable bonds is 8. The van der Waals surface area contributed by atoms with Gasteiger partial charge < -0.3 is 36.3 Å². The summed E-state index contributed by atoms with van der Waals surface area (Å²) < 4.78 is 5.92. The standard InChI is InChI=1S/C39H46N6O6/c1-25(2)21-31-39(50)45-32(22-26-11-4-3-5-12-26)37(48)40-18-10-20-51-34-16-9-7-14-29(34)36(47)44-33(23-35(46)43-31)38(49)41-19-17-27-24-42-30-15-8-6-13-28(27)30/h3-9,11-16,24-25,31-33,42H,10,17-23H2,1-2H3,(H,40,48)(H,41,49)(H,43,46)(H,44,47)(H,45,50)/t31-,32+,33+/m1/s1. The maximum atomic E-state index is 13.7. The van der Waals surface area contributed by atoms with Crippen LogP contribution in [0, 0.1) is 5.92 Å². The van der Waals surface area contributed by atoms with Gasteiger partial charge in [0.2, 0.25) is 23.6 Å². The minimum atomic E-state index is -1.26. The highest BCUT2D eigenvalue weighted by atomic mass is 16.5. The predicted octanol–water partition coefficient (Wildman–Crippen LogP) is 3.17. The molecule has 0 bridgehead atoms. The van der Waals surface area contributed by atoms with Gasteiger partial charge in [-0.05, 0) is 54.5 Å². The number of aromatic amines is 1. The molecule has 3 atom stereocenters. The highest BCUT2D eigenvalue weighted by molar-refractivity contribution is 6.01. The molecule has 12 nitrogen and oxygen atoms in total. The lowest BCUT2D eigenvalue weighted by Gasteiger charge is -2.25. The van der Waals surface area contributed by atoms with Gasteiger partial charge in [-0.3, -0.25) is 24.0 Å². The maximum absolute atomic E-state index is 13.7. The second-order valence-corrected chi connectivity index (χ2v) is 13.1. The molecule has 5 amide bonds. The van der Waals surface area contributed by atoms with Gasteiger partial charge in [-0.25, -0.2) is 0 Å². The van der Waals surface area contributed by atoms with Crippen LogP contribution in [-0.4, -0.2) is 72.3 Å². The number of fused-ring (bicyclic) bond motifs is 2. The van der Waals surface area contributed by atoms with Crippen LogP contribution in [0.2, 0.25) is 0 Å². The molecule has 4 aromatic rings. The van der Waals surface area contributed by atoms with E-state index in [1.54, 1.807) is 24.3 Å². The van der Waals surface area contributed by atoms with E-state index in [2.05, 4.69) is 31.6 Å². The number of ether oxygens (including phenoxy) is 1. The molecular weight excluding hydrogens is 648 g/mol. The quantitative estimate of drug-likeness (QED) is 0.166. The van der Waals surface area contributed by atoms with Crippen molar-refractivity contribution in [1.82, 2.24) is 31.6 Å². The zero-order valence-electron chi connectivity index (χ0n) is 29.0. The fraction of sp³-hybridized carbons (Fsp3) is 0.359. The van der Waals surface area contributed by atoms with Crippen molar-refractivity contribution in [1.29, 1.82) is 0 Å². The molecule has 51 heavy (non-hydrogen) atoms. The third-order valence-corrected chi connectivity index (χ3v) is 8.66. The molecular formula is C39H46N6O6. The Morgan fingerprint density at radius 1 is 0.863 bits per heavy atom. The summed E-state index contributed by atoms with van der Waals surface area (Å²) in [4.78, 5) is 71.1. The first-order chi connectivity index (χ1) is 24.7. The Balaban J connectivity index is 1.37. The topological polar surface area (TPSA) is 171 Å². The Labute approximate surface area is 297 Å². The molecule has 0 unspecified atom stereocenters. The van der Waals surface area contributed by atoms with Crippen LogP contribution < -0.4 is 31.3 Å². The van der Waals surface area contributed by atoms with Gasteiger partial charge in [-0.1, -0.05) is 74.5 Å². The molecule has 1 aliphatic rings. The molecule has 0 fully saturated rings. The number of carbonyl (C=O) groups is 5. The molecule has 3 aromatic carbocycles. The number of nitrogens with one attached hydrogen (secondary N) is 6. The van der Waals surface area contributed by atoms with E-state index >= 15 is 0 Å². The highest BCUT2D eigenvalue weighted by Gasteiger charge is 2.31. The van der Waals surface area contributed by atoms with Crippen molar-refractivity contribution in [2.75, 3.05) is 19.7 Å². The highest BCUT2D eigenvalue weighted by Crippen LogP contribution is 2.20. The molecule has 6 N–H and O–H groups in total. The van der Waals surface area contributed by atoms with Crippen LogP contribution in [0.1, 0.15) is 54.6 Å². The van der Waals surface area contributed by atoms with E-state index in [-0.39, 0.29) is 49.9 Å². The van der Waals surface area contributed by atoms with E-state index in [0.29, 0.717) is 18.6 Å². The Morgan fingerprint density at radius 3 is 2.41 bits per heavy atom. The van der Waals surface area contributed by atoms with E-state index in [0.717, 1.165) is 22.0 Å². The van der Waals surface area contributed by atoms with Crippen LogP contribution >= 0.6 is 0 Å². The molecule has 268 valence electrons. The fourth-order valence-corrected chi connectivity index (χ4v) is 6.07. The lowest BCUT2D eigenvalue weighted by atomic mass is 10.0. The largest absolute Gasteiger partial charge is 0.493 e. The van der Waals surface area contributed by atoms with Crippen LogP contribution in [-0.2, 0) is 32.0 Å². The van der Waals surface area contributed by atoms with E-state index < -0.39 is 48.2 Å². The van der Waals surface area contributed by atoms with Gasteiger partial charge in [0, 0.05) is 36.6 Å². The third kappa shape index (κ3) is 10.4. The van der Waals surface area contributed by atoms with Crippen LogP contribution in [0.15, 0.2) is 85.1 Å². The lowest BCUT2D eigenvalue weighted by Crippen LogP contribution is -2.56. The molecule has 1 aromatic heterocycles. The van der Waals surface area contributed by atoms with Crippen LogP contribution in [0.25, 0.3) is 10.9 Å². The van der Waals surface area contributed by atoms with Gasteiger partial charge in [0.1, 0.15) is 23.9 Å². The Kier molecular flexibility index (Phi) is 12.8. The van der Waals surface area contributed by atoms with Gasteiger partial charge in [-0.2, -0.15) is 0 Å². The van der Waals surface area contributed by atoms with E-state index in [1.165, 1.54) is 0 Å². The van der Waals surface area contributed by atoms with E-state index in [1.807, 2.05) is 74.6 Å². The first-order valence-corrected chi connectivity index (χ1v) is 17.4. The lowest BCUT2D eigenvalue weighted by molar-refractivity contribution is -0.133. The maximum Gasteiger partial charge on any atom is 0.255 e. The van der Waals surface area contributed by atoms with E-state index in [9.17, 15) is 24.0 Å². The van der Waals surface area contributed by atoms with Crippen molar-refractivity contribution >= 4 is 40.4 Å². The number of amides is 5. The van der Waals surface area contributed by atoms with Crippen molar-refractivity contribution in [2.24, 2.45) is 5.92 Å². The van der Waals surface area contributed by atoms with Crippen LogP contribution in [0.4, 0.5) is 0 Å². The van der Waals surface area contributed by atoms with E-state index in [4.69, 9.17) is 4.74 Å². The van der Waals surface area contributed by atoms with Gasteiger partial charge in [0.25, 0.3) is 5.91 Å². The SMILES string of the molecule is CC(C)C[C@H]1NC(=O)C[C@@H](C(=O)NCCc2c[nH]c3ccccc23)NC(=O)c2ccccc2OCCCNC(=O)[C@H](Cc2ccccc2)NC1=O. The Morgan fingerprint density at radius 2 is 1.61 bits per heavy atom. The number of aromatic nitrogens is 1. The molecule has 2 heterocycles. The number of H-pyrrole nitrogens is 1. The average Bonchev–Trinajstić information content (AvgIpc) is 3.53. The smallest absolute Gasteiger partial charge is 0.255 e. The van der Waals surface area contributed by atoms with Crippen LogP contribution in [0.3, 0.4) is 0 Å². The fourth-order valence-electron chi connectivity index (χ4n) is 6.07. The predicted molar refractivity (Wildman–Crippen MR) is 194 cm³/mol. The zero-order valence-corrected chi connectivity index (χ0v) is 29.0. The van der Waals surface area contributed by atoms with Gasteiger partial charge in [-0.15, -0.1) is 0 Å². The van der Waals surface area contributed by atoms with Gasteiger partial charge in [0.15, 0.2) is 0 Å². The summed E-state index contributed by atoms with van der Waals surface area (Å²) >= 11 is 0. The normalized spacial score (nSPS) is 19.4. The molecule has 1 aliphatic heterocycles. The number of hydrogen-bond donors (Lipinski definition) is 6. The van der Waals surface area contributed by atoms with Crippen molar-refractivity contribution in [3.05, 3.63) is 102 Å². The van der Waals surface area contributed by atoms with Crippen molar-refractivity contribution < 1.29 is 28.7 Å². The van der Waals surface area contributed by atoms with Crippen molar-refractivity contribution in [3.63, 3.8) is 0 Å². The third-order valence-electron chi connectivity index (χ3n) is 8.66. The van der Waals surface area contributed by atoms with Gasteiger partial charge >= 0.3 is 0 Å². The summed E-state index contributed by atoms with van der Waals surface area (Å²) in [6, 6.07) is 20.7. The molecule has 12 heteroatoms. The second-order valence-electron chi connectivity index (χ2n) is 13.1. The molecule has 0 radical (unpaired) electrons. The summed E-state index contributed by atoms with van der Waals surface area (Å²) in [5, 5.41) is 15.2. The first kappa shape index (κ1) is 36.6.